The fourth-order valence-electron chi connectivity index (χ4n) is 1.68. The maximum atomic E-state index is 12.2. The number of carbonyl (C=O) groups is 1. The zero-order chi connectivity index (χ0) is 12.4. The number of Topliss-reactive ketones (excluding diaryl/α,β-unsaturated/α-hetero) is 1. The van der Waals surface area contributed by atoms with Crippen molar-refractivity contribution in [1.29, 1.82) is 0 Å². The molecule has 0 bridgehead atoms. The molecular weight excluding hydrogens is 336 g/mol. The van der Waals surface area contributed by atoms with Gasteiger partial charge >= 0.3 is 0 Å². The van der Waals surface area contributed by atoms with Crippen molar-refractivity contribution in [3.8, 4) is 0 Å². The predicted octanol–water partition coefficient (Wildman–Crippen LogP) is 4.25. The lowest BCUT2D eigenvalue weighted by Crippen LogP contribution is -2.32. The normalized spacial score (nSPS) is 29.2. The second-order valence-corrected chi connectivity index (χ2v) is 9.15. The summed E-state index contributed by atoms with van der Waals surface area (Å²) < 4.78 is 1.08. The molecule has 0 N–H and O–H groups in total. The Morgan fingerprint density at radius 1 is 1.47 bits per heavy atom. The zero-order valence-corrected chi connectivity index (χ0v) is 13.8. The van der Waals surface area contributed by atoms with E-state index in [-0.39, 0.29) is 5.25 Å². The molecule has 94 valence electrons. The highest BCUT2D eigenvalue weighted by atomic mass is 79.9. The minimum Gasteiger partial charge on any atom is -0.298 e. The van der Waals surface area contributed by atoms with Gasteiger partial charge in [0.15, 0.2) is 5.78 Å². The molecule has 0 radical (unpaired) electrons. The first-order valence-electron chi connectivity index (χ1n) is 5.59. The van der Waals surface area contributed by atoms with Gasteiger partial charge in [0.1, 0.15) is 0 Å². The number of thiophene rings is 1. The van der Waals surface area contributed by atoms with E-state index in [1.165, 1.54) is 4.88 Å². The fraction of sp³-hybridized carbons (Fsp3) is 0.583. The first-order chi connectivity index (χ1) is 8.06. The van der Waals surface area contributed by atoms with Crippen molar-refractivity contribution in [3.63, 3.8) is 0 Å². The monoisotopic (exact) mass is 350 g/mol. The molecule has 1 saturated heterocycles. The highest BCUT2D eigenvalue weighted by Crippen LogP contribution is 2.36. The number of hydrogen-bond donors (Lipinski definition) is 0. The van der Waals surface area contributed by atoms with Crippen molar-refractivity contribution < 1.29 is 4.79 Å². The third kappa shape index (κ3) is 3.75. The Morgan fingerprint density at radius 2 is 2.24 bits per heavy atom. The van der Waals surface area contributed by atoms with Crippen LogP contribution in [0.1, 0.15) is 18.7 Å². The van der Waals surface area contributed by atoms with Crippen LogP contribution in [-0.2, 0) is 11.2 Å². The topological polar surface area (TPSA) is 17.1 Å². The summed E-state index contributed by atoms with van der Waals surface area (Å²) >= 11 is 8.87. The highest BCUT2D eigenvalue weighted by Gasteiger charge is 2.30. The second-order valence-electron chi connectivity index (χ2n) is 4.24. The lowest BCUT2D eigenvalue weighted by Gasteiger charge is -2.30. The largest absolute Gasteiger partial charge is 0.298 e. The minimum atomic E-state index is 0.187. The molecule has 1 aromatic rings. The summed E-state index contributed by atoms with van der Waals surface area (Å²) in [6.45, 7) is 4.48. The van der Waals surface area contributed by atoms with Crippen molar-refractivity contribution in [3.05, 3.63) is 20.8 Å². The number of ketones is 1. The summed E-state index contributed by atoms with van der Waals surface area (Å²) in [4.78, 5) is 13.4. The van der Waals surface area contributed by atoms with E-state index in [9.17, 15) is 4.79 Å². The Kier molecular flexibility index (Phi) is 5.04. The smallest absolute Gasteiger partial charge is 0.151 e. The van der Waals surface area contributed by atoms with Crippen LogP contribution in [0.3, 0.4) is 0 Å². The molecule has 0 amide bonds. The SMILES string of the molecule is CC1SCC(C(=O)Cc2cc(Br)cs2)SC1C. The summed E-state index contributed by atoms with van der Waals surface area (Å²) in [7, 11) is 0. The molecule has 3 atom stereocenters. The van der Waals surface area contributed by atoms with Gasteiger partial charge in [0.2, 0.25) is 0 Å². The van der Waals surface area contributed by atoms with Crippen molar-refractivity contribution in [2.45, 2.75) is 36.0 Å². The Labute approximate surface area is 123 Å². The molecule has 5 heteroatoms. The Bertz CT molecular complexity index is 404. The van der Waals surface area contributed by atoms with Crippen LogP contribution in [0.15, 0.2) is 15.9 Å². The lowest BCUT2D eigenvalue weighted by atomic mass is 10.2. The van der Waals surface area contributed by atoms with Crippen LogP contribution in [0.4, 0.5) is 0 Å². The van der Waals surface area contributed by atoms with Gasteiger partial charge in [-0.25, -0.2) is 0 Å². The van der Waals surface area contributed by atoms with Gasteiger partial charge in [-0.2, -0.15) is 11.8 Å². The molecule has 0 aliphatic carbocycles. The quantitative estimate of drug-likeness (QED) is 0.811. The van der Waals surface area contributed by atoms with Crippen LogP contribution in [-0.4, -0.2) is 27.3 Å². The van der Waals surface area contributed by atoms with Gasteiger partial charge < -0.3 is 0 Å². The summed E-state index contributed by atoms with van der Waals surface area (Å²) in [5.41, 5.74) is 0. The van der Waals surface area contributed by atoms with E-state index in [1.54, 1.807) is 11.3 Å². The maximum absolute atomic E-state index is 12.2. The third-order valence-electron chi connectivity index (χ3n) is 2.88. The number of thioether (sulfide) groups is 2. The predicted molar refractivity (Wildman–Crippen MR) is 83.5 cm³/mol. The molecule has 0 saturated carbocycles. The standard InChI is InChI=1S/C12H15BrOS3/c1-7-8(2)17-12(6-15-7)11(14)4-10-3-9(13)5-16-10/h3,5,7-8,12H,4,6H2,1-2H3. The molecule has 0 spiro atoms. The molecular formula is C12H15BrOS3. The van der Waals surface area contributed by atoms with Crippen LogP contribution in [0.5, 0.6) is 0 Å². The first kappa shape index (κ1) is 14.0. The summed E-state index contributed by atoms with van der Waals surface area (Å²) in [6.07, 6.45) is 0.593. The molecule has 1 nitrogen and oxygen atoms in total. The van der Waals surface area contributed by atoms with Crippen molar-refractivity contribution in [2.24, 2.45) is 0 Å². The van der Waals surface area contributed by atoms with Crippen LogP contribution in [0.25, 0.3) is 0 Å². The Morgan fingerprint density at radius 3 is 2.82 bits per heavy atom. The average molecular weight is 351 g/mol. The number of carbonyl (C=O) groups excluding carboxylic acids is 1. The van der Waals surface area contributed by atoms with Gasteiger partial charge in [-0.15, -0.1) is 23.1 Å². The van der Waals surface area contributed by atoms with Crippen molar-refractivity contribution in [2.75, 3.05) is 5.75 Å². The lowest BCUT2D eigenvalue weighted by molar-refractivity contribution is -0.117. The molecule has 17 heavy (non-hydrogen) atoms. The van der Waals surface area contributed by atoms with Crippen LogP contribution in [0.2, 0.25) is 0 Å². The van der Waals surface area contributed by atoms with E-state index < -0.39 is 0 Å². The van der Waals surface area contributed by atoms with Crippen molar-refractivity contribution >= 4 is 56.6 Å². The van der Waals surface area contributed by atoms with Crippen LogP contribution in [0, 0.1) is 0 Å². The van der Waals surface area contributed by atoms with Gasteiger partial charge in [-0.05, 0) is 22.0 Å². The third-order valence-corrected chi connectivity index (χ3v) is 8.02. The fourth-order valence-corrected chi connectivity index (χ4v) is 6.03. The van der Waals surface area contributed by atoms with E-state index in [0.717, 1.165) is 10.2 Å². The molecule has 2 rings (SSSR count). The summed E-state index contributed by atoms with van der Waals surface area (Å²) in [5.74, 6) is 1.36. The first-order valence-corrected chi connectivity index (χ1v) is 9.25. The number of halogens is 1. The molecule has 1 aliphatic heterocycles. The van der Waals surface area contributed by atoms with Crippen LogP contribution >= 0.6 is 50.8 Å². The Balaban J connectivity index is 1.92. The van der Waals surface area contributed by atoms with E-state index in [0.29, 0.717) is 22.7 Å². The van der Waals surface area contributed by atoms with E-state index in [1.807, 2.05) is 28.9 Å². The second kappa shape index (κ2) is 6.13. The van der Waals surface area contributed by atoms with Gasteiger partial charge in [0.25, 0.3) is 0 Å². The summed E-state index contributed by atoms with van der Waals surface area (Å²) in [6, 6.07) is 2.05. The molecule has 2 heterocycles. The maximum Gasteiger partial charge on any atom is 0.151 e. The van der Waals surface area contributed by atoms with Gasteiger partial charge in [0.05, 0.1) is 5.25 Å². The van der Waals surface area contributed by atoms with E-state index in [2.05, 4.69) is 35.8 Å². The summed E-state index contributed by atoms with van der Waals surface area (Å²) in [5, 5.41) is 3.47. The molecule has 0 aromatic carbocycles. The number of rotatable bonds is 3. The molecule has 1 aromatic heterocycles. The molecule has 1 aliphatic rings. The zero-order valence-electron chi connectivity index (χ0n) is 9.81. The van der Waals surface area contributed by atoms with Gasteiger partial charge in [-0.1, -0.05) is 13.8 Å². The van der Waals surface area contributed by atoms with Gasteiger partial charge in [0, 0.05) is 37.4 Å². The van der Waals surface area contributed by atoms with Crippen molar-refractivity contribution in [1.82, 2.24) is 0 Å². The molecule has 3 unspecified atom stereocenters. The Hall–Kier alpha value is 0.550. The van der Waals surface area contributed by atoms with E-state index in [4.69, 9.17) is 0 Å². The highest BCUT2D eigenvalue weighted by molar-refractivity contribution is 9.10. The van der Waals surface area contributed by atoms with Gasteiger partial charge in [-0.3, -0.25) is 4.79 Å². The van der Waals surface area contributed by atoms with E-state index >= 15 is 0 Å². The minimum absolute atomic E-state index is 0.187. The number of hydrogen-bond acceptors (Lipinski definition) is 4. The molecule has 1 fully saturated rings. The average Bonchev–Trinajstić information content (AvgIpc) is 2.68. The van der Waals surface area contributed by atoms with Crippen LogP contribution < -0.4 is 0 Å².